The Bertz CT molecular complexity index is 587. The molecule has 0 saturated heterocycles. The summed E-state index contributed by atoms with van der Waals surface area (Å²) in [5, 5.41) is 4.31. The van der Waals surface area contributed by atoms with Crippen LogP contribution < -0.4 is 5.32 Å². The van der Waals surface area contributed by atoms with Gasteiger partial charge >= 0.3 is 0 Å². The minimum absolute atomic E-state index is 0.261. The van der Waals surface area contributed by atoms with Crippen molar-refractivity contribution in [1.82, 2.24) is 0 Å². The molecule has 2 heteroatoms. The Morgan fingerprint density at radius 1 is 1.00 bits per heavy atom. The molecule has 0 aliphatic rings. The van der Waals surface area contributed by atoms with Gasteiger partial charge in [0, 0.05) is 16.8 Å². The molecule has 0 radical (unpaired) electrons. The lowest BCUT2D eigenvalue weighted by Crippen LogP contribution is -2.07. The molecule has 0 aliphatic carbocycles. The summed E-state index contributed by atoms with van der Waals surface area (Å²) < 4.78 is 0. The fourth-order valence-corrected chi connectivity index (χ4v) is 2.61. The second-order valence-corrected chi connectivity index (χ2v) is 6.58. The third-order valence-electron chi connectivity index (χ3n) is 3.68. The van der Waals surface area contributed by atoms with Gasteiger partial charge < -0.3 is 5.32 Å². The van der Waals surface area contributed by atoms with E-state index in [0.29, 0.717) is 5.92 Å². The second-order valence-electron chi connectivity index (χ2n) is 6.17. The first-order valence-electron chi connectivity index (χ1n) is 7.57. The van der Waals surface area contributed by atoms with E-state index in [1.807, 2.05) is 19.1 Å². The number of hydrogen-bond donors (Lipinski definition) is 1. The van der Waals surface area contributed by atoms with Gasteiger partial charge in [-0.25, -0.2) is 0 Å². The van der Waals surface area contributed by atoms with E-state index in [4.69, 9.17) is 11.6 Å². The zero-order valence-electron chi connectivity index (χ0n) is 13.3. The molecule has 1 unspecified atom stereocenters. The smallest absolute Gasteiger partial charge is 0.0485 e. The maximum absolute atomic E-state index is 6.17. The Kier molecular flexibility index (Phi) is 5.30. The Morgan fingerprint density at radius 2 is 1.67 bits per heavy atom. The summed E-state index contributed by atoms with van der Waals surface area (Å²) in [5.41, 5.74) is 4.86. The summed E-state index contributed by atoms with van der Waals surface area (Å²) in [6.45, 7) is 8.69. The highest BCUT2D eigenvalue weighted by Crippen LogP contribution is 2.24. The monoisotopic (exact) mass is 301 g/mol. The van der Waals surface area contributed by atoms with Crippen LogP contribution in [-0.4, -0.2) is 0 Å². The van der Waals surface area contributed by atoms with Crippen LogP contribution in [0.4, 0.5) is 5.69 Å². The van der Waals surface area contributed by atoms with Gasteiger partial charge in [0.1, 0.15) is 0 Å². The standard InChI is InChI=1S/C19H24ClN/c1-13(2)11-16-6-8-17(9-7-16)15(4)21-18-10-5-14(3)19(20)12-18/h5-10,12-13,15,21H,11H2,1-4H3. The summed E-state index contributed by atoms with van der Waals surface area (Å²) >= 11 is 6.17. The Morgan fingerprint density at radius 3 is 2.24 bits per heavy atom. The summed E-state index contributed by atoms with van der Waals surface area (Å²) in [7, 11) is 0. The van der Waals surface area contributed by atoms with Crippen LogP contribution in [0.3, 0.4) is 0 Å². The largest absolute Gasteiger partial charge is 0.378 e. The topological polar surface area (TPSA) is 12.0 Å². The van der Waals surface area contributed by atoms with Crippen molar-refractivity contribution in [2.24, 2.45) is 5.92 Å². The minimum Gasteiger partial charge on any atom is -0.378 e. The molecule has 2 rings (SSSR count). The molecule has 1 nitrogen and oxygen atoms in total. The lowest BCUT2D eigenvalue weighted by molar-refractivity contribution is 0.647. The van der Waals surface area contributed by atoms with Crippen molar-refractivity contribution in [3.8, 4) is 0 Å². The van der Waals surface area contributed by atoms with Crippen LogP contribution >= 0.6 is 11.6 Å². The first-order valence-corrected chi connectivity index (χ1v) is 7.95. The SMILES string of the molecule is Cc1ccc(NC(C)c2ccc(CC(C)C)cc2)cc1Cl. The number of rotatable bonds is 5. The average Bonchev–Trinajstić information content (AvgIpc) is 2.43. The molecule has 1 atom stereocenters. The number of hydrogen-bond acceptors (Lipinski definition) is 1. The fraction of sp³-hybridized carbons (Fsp3) is 0.368. The molecule has 0 aliphatic heterocycles. The van der Waals surface area contributed by atoms with Crippen molar-refractivity contribution < 1.29 is 0 Å². The predicted molar refractivity (Wildman–Crippen MR) is 93.2 cm³/mol. The van der Waals surface area contributed by atoms with Crippen molar-refractivity contribution in [1.29, 1.82) is 0 Å². The molecule has 0 heterocycles. The molecule has 1 N–H and O–H groups in total. The van der Waals surface area contributed by atoms with E-state index in [0.717, 1.165) is 22.7 Å². The highest BCUT2D eigenvalue weighted by atomic mass is 35.5. The van der Waals surface area contributed by atoms with Crippen molar-refractivity contribution in [3.63, 3.8) is 0 Å². The van der Waals surface area contributed by atoms with Crippen LogP contribution in [0.15, 0.2) is 42.5 Å². The van der Waals surface area contributed by atoms with E-state index in [2.05, 4.69) is 56.4 Å². The molecule has 112 valence electrons. The van der Waals surface area contributed by atoms with Crippen molar-refractivity contribution in [3.05, 3.63) is 64.2 Å². The lowest BCUT2D eigenvalue weighted by atomic mass is 10.00. The molecule has 0 saturated carbocycles. The average molecular weight is 302 g/mol. The van der Waals surface area contributed by atoms with Crippen molar-refractivity contribution >= 4 is 17.3 Å². The number of halogens is 1. The van der Waals surface area contributed by atoms with Crippen LogP contribution in [0, 0.1) is 12.8 Å². The maximum Gasteiger partial charge on any atom is 0.0485 e. The summed E-state index contributed by atoms with van der Waals surface area (Å²) in [6.07, 6.45) is 1.13. The molecule has 2 aromatic carbocycles. The van der Waals surface area contributed by atoms with Crippen LogP contribution in [-0.2, 0) is 6.42 Å². The highest BCUT2D eigenvalue weighted by Gasteiger charge is 2.07. The van der Waals surface area contributed by atoms with Crippen LogP contribution in [0.2, 0.25) is 5.02 Å². The van der Waals surface area contributed by atoms with E-state index in [1.54, 1.807) is 0 Å². The quantitative estimate of drug-likeness (QED) is 0.712. The first kappa shape index (κ1) is 15.9. The van der Waals surface area contributed by atoms with E-state index >= 15 is 0 Å². The minimum atomic E-state index is 0.261. The third kappa shape index (κ3) is 4.50. The molecule has 21 heavy (non-hydrogen) atoms. The molecular formula is C19H24ClN. The number of anilines is 1. The van der Waals surface area contributed by atoms with Gasteiger partial charge in [-0.05, 0) is 55.0 Å². The summed E-state index contributed by atoms with van der Waals surface area (Å²) in [4.78, 5) is 0. The summed E-state index contributed by atoms with van der Waals surface area (Å²) in [5.74, 6) is 0.695. The molecule has 2 aromatic rings. The van der Waals surface area contributed by atoms with Gasteiger partial charge in [-0.1, -0.05) is 55.8 Å². The molecule has 0 aromatic heterocycles. The molecule has 0 amide bonds. The van der Waals surface area contributed by atoms with Crippen LogP contribution in [0.25, 0.3) is 0 Å². The first-order chi connectivity index (χ1) is 9.95. The molecule has 0 bridgehead atoms. The van der Waals surface area contributed by atoms with E-state index in [1.165, 1.54) is 11.1 Å². The predicted octanol–water partition coefficient (Wildman–Crippen LogP) is 6.02. The van der Waals surface area contributed by atoms with Gasteiger partial charge in [0.15, 0.2) is 0 Å². The van der Waals surface area contributed by atoms with Crippen LogP contribution in [0.5, 0.6) is 0 Å². The third-order valence-corrected chi connectivity index (χ3v) is 4.09. The Hall–Kier alpha value is -1.47. The van der Waals surface area contributed by atoms with E-state index < -0.39 is 0 Å². The van der Waals surface area contributed by atoms with Gasteiger partial charge in [0.25, 0.3) is 0 Å². The van der Waals surface area contributed by atoms with Gasteiger partial charge in [0.2, 0.25) is 0 Å². The number of aryl methyl sites for hydroxylation is 1. The second kappa shape index (κ2) is 7.00. The van der Waals surface area contributed by atoms with Crippen molar-refractivity contribution in [2.75, 3.05) is 5.32 Å². The zero-order chi connectivity index (χ0) is 15.4. The number of nitrogens with one attached hydrogen (secondary N) is 1. The molecular weight excluding hydrogens is 278 g/mol. The number of benzene rings is 2. The van der Waals surface area contributed by atoms with E-state index in [9.17, 15) is 0 Å². The maximum atomic E-state index is 6.17. The van der Waals surface area contributed by atoms with E-state index in [-0.39, 0.29) is 6.04 Å². The normalized spacial score (nSPS) is 12.5. The summed E-state index contributed by atoms with van der Waals surface area (Å²) in [6, 6.07) is 15.3. The Balaban J connectivity index is 2.05. The van der Waals surface area contributed by atoms with Crippen molar-refractivity contribution in [2.45, 2.75) is 40.2 Å². The van der Waals surface area contributed by atoms with Gasteiger partial charge in [-0.15, -0.1) is 0 Å². The lowest BCUT2D eigenvalue weighted by Gasteiger charge is -2.17. The van der Waals surface area contributed by atoms with Gasteiger partial charge in [-0.3, -0.25) is 0 Å². The zero-order valence-corrected chi connectivity index (χ0v) is 14.0. The highest BCUT2D eigenvalue weighted by molar-refractivity contribution is 6.31. The molecule has 0 fully saturated rings. The van der Waals surface area contributed by atoms with Gasteiger partial charge in [-0.2, -0.15) is 0 Å². The van der Waals surface area contributed by atoms with Crippen LogP contribution in [0.1, 0.15) is 43.5 Å². The van der Waals surface area contributed by atoms with Gasteiger partial charge in [0.05, 0.1) is 0 Å². The molecule has 0 spiro atoms. The Labute approximate surface area is 133 Å². The fourth-order valence-electron chi connectivity index (χ4n) is 2.43.